The van der Waals surface area contributed by atoms with Gasteiger partial charge in [0.15, 0.2) is 0 Å². The van der Waals surface area contributed by atoms with E-state index in [1.165, 1.54) is 0 Å². The first-order valence-electron chi connectivity index (χ1n) is 6.81. The monoisotopic (exact) mass is 283 g/mol. The van der Waals surface area contributed by atoms with Crippen LogP contribution in [0.5, 0.6) is 0 Å². The Balaban J connectivity index is 1.78. The summed E-state index contributed by atoms with van der Waals surface area (Å²) in [4.78, 5) is 38.5. The zero-order chi connectivity index (χ0) is 14.6. The fraction of sp³-hybridized carbons (Fsp3) is 0.357. The van der Waals surface area contributed by atoms with Gasteiger partial charge < -0.3 is 4.90 Å². The SMILES string of the molecule is Cc1nc(N2CC3C(=O)NC(=O)C3C2)c2ccncc2n1. The number of amides is 2. The Morgan fingerprint density at radius 1 is 1.19 bits per heavy atom. The summed E-state index contributed by atoms with van der Waals surface area (Å²) in [7, 11) is 0. The van der Waals surface area contributed by atoms with Crippen LogP contribution in [0.1, 0.15) is 5.82 Å². The summed E-state index contributed by atoms with van der Waals surface area (Å²) in [5.74, 6) is 0.524. The largest absolute Gasteiger partial charge is 0.354 e. The normalized spacial score (nSPS) is 24.5. The minimum absolute atomic E-state index is 0.177. The summed E-state index contributed by atoms with van der Waals surface area (Å²) in [5, 5.41) is 3.28. The summed E-state index contributed by atoms with van der Waals surface area (Å²) >= 11 is 0. The van der Waals surface area contributed by atoms with E-state index in [0.29, 0.717) is 18.9 Å². The molecule has 2 aromatic heterocycles. The maximum Gasteiger partial charge on any atom is 0.232 e. The van der Waals surface area contributed by atoms with Crippen LogP contribution in [0, 0.1) is 18.8 Å². The molecule has 2 aromatic rings. The fourth-order valence-corrected chi connectivity index (χ4v) is 3.13. The van der Waals surface area contributed by atoms with Gasteiger partial charge in [-0.15, -0.1) is 0 Å². The third-order valence-corrected chi connectivity index (χ3v) is 4.13. The minimum atomic E-state index is -0.273. The Morgan fingerprint density at radius 2 is 1.90 bits per heavy atom. The van der Waals surface area contributed by atoms with Crippen molar-refractivity contribution in [1.29, 1.82) is 0 Å². The van der Waals surface area contributed by atoms with Crippen LogP contribution in [0.4, 0.5) is 5.82 Å². The van der Waals surface area contributed by atoms with Crippen LogP contribution >= 0.6 is 0 Å². The van der Waals surface area contributed by atoms with Gasteiger partial charge in [0.1, 0.15) is 11.6 Å². The van der Waals surface area contributed by atoms with E-state index in [1.807, 2.05) is 17.9 Å². The highest BCUT2D eigenvalue weighted by molar-refractivity contribution is 6.06. The predicted molar refractivity (Wildman–Crippen MR) is 74.4 cm³/mol. The Morgan fingerprint density at radius 3 is 2.62 bits per heavy atom. The quantitative estimate of drug-likeness (QED) is 0.744. The molecule has 7 heteroatoms. The second kappa shape index (κ2) is 4.21. The zero-order valence-electron chi connectivity index (χ0n) is 11.4. The molecule has 2 amide bonds. The van der Waals surface area contributed by atoms with E-state index >= 15 is 0 Å². The van der Waals surface area contributed by atoms with Crippen LogP contribution in [-0.4, -0.2) is 39.9 Å². The number of carbonyl (C=O) groups excluding carboxylic acids is 2. The number of anilines is 1. The number of nitrogens with zero attached hydrogens (tertiary/aromatic N) is 4. The maximum absolute atomic E-state index is 11.8. The number of fused-ring (bicyclic) bond motifs is 2. The van der Waals surface area contributed by atoms with Crippen molar-refractivity contribution in [2.45, 2.75) is 6.92 Å². The van der Waals surface area contributed by atoms with E-state index in [1.54, 1.807) is 12.4 Å². The summed E-state index contributed by atoms with van der Waals surface area (Å²) in [6.45, 7) is 2.84. The van der Waals surface area contributed by atoms with Crippen LogP contribution < -0.4 is 10.2 Å². The molecule has 21 heavy (non-hydrogen) atoms. The van der Waals surface area contributed by atoms with Crippen molar-refractivity contribution in [2.75, 3.05) is 18.0 Å². The van der Waals surface area contributed by atoms with Crippen LogP contribution in [0.25, 0.3) is 10.9 Å². The van der Waals surface area contributed by atoms with Gasteiger partial charge in [0.05, 0.1) is 23.5 Å². The molecule has 2 aliphatic heterocycles. The standard InChI is InChI=1S/C14H13N5O2/c1-7-16-11-4-15-3-2-8(11)12(17-7)19-5-9-10(6-19)14(21)18-13(9)20/h2-4,9-10H,5-6H2,1H3,(H,18,20,21). The molecule has 0 radical (unpaired) electrons. The van der Waals surface area contributed by atoms with Gasteiger partial charge in [0.2, 0.25) is 11.8 Å². The van der Waals surface area contributed by atoms with Gasteiger partial charge >= 0.3 is 0 Å². The first kappa shape index (κ1) is 12.2. The molecule has 2 saturated heterocycles. The molecule has 2 unspecified atom stereocenters. The van der Waals surface area contributed by atoms with E-state index in [-0.39, 0.29) is 23.7 Å². The highest BCUT2D eigenvalue weighted by Crippen LogP contribution is 2.33. The van der Waals surface area contributed by atoms with Gasteiger partial charge in [-0.1, -0.05) is 0 Å². The van der Waals surface area contributed by atoms with Gasteiger partial charge in [-0.2, -0.15) is 0 Å². The van der Waals surface area contributed by atoms with Gasteiger partial charge in [-0.3, -0.25) is 19.9 Å². The van der Waals surface area contributed by atoms with Gasteiger partial charge in [-0.25, -0.2) is 9.97 Å². The summed E-state index contributed by atoms with van der Waals surface area (Å²) in [6, 6.07) is 1.86. The first-order valence-corrected chi connectivity index (χ1v) is 6.81. The highest BCUT2D eigenvalue weighted by Gasteiger charge is 2.48. The highest BCUT2D eigenvalue weighted by atomic mass is 16.2. The number of aromatic nitrogens is 3. The lowest BCUT2D eigenvalue weighted by Gasteiger charge is -2.20. The smallest absolute Gasteiger partial charge is 0.232 e. The lowest BCUT2D eigenvalue weighted by Crippen LogP contribution is -2.32. The molecule has 0 saturated carbocycles. The maximum atomic E-state index is 11.8. The third-order valence-electron chi connectivity index (χ3n) is 4.13. The van der Waals surface area contributed by atoms with Crippen molar-refractivity contribution in [3.63, 3.8) is 0 Å². The van der Waals surface area contributed by atoms with Gasteiger partial charge in [-0.05, 0) is 13.0 Å². The number of nitrogens with one attached hydrogen (secondary N) is 1. The van der Waals surface area contributed by atoms with E-state index in [0.717, 1.165) is 16.7 Å². The molecule has 0 aliphatic carbocycles. The molecule has 4 rings (SSSR count). The van der Waals surface area contributed by atoms with Crippen LogP contribution in [0.3, 0.4) is 0 Å². The number of rotatable bonds is 1. The molecule has 7 nitrogen and oxygen atoms in total. The second-order valence-electron chi connectivity index (χ2n) is 5.46. The van der Waals surface area contributed by atoms with E-state index in [9.17, 15) is 9.59 Å². The molecule has 4 heterocycles. The number of aryl methyl sites for hydroxylation is 1. The lowest BCUT2D eigenvalue weighted by atomic mass is 10.00. The average Bonchev–Trinajstić information content (AvgIpc) is 3.00. The molecule has 0 spiro atoms. The predicted octanol–water partition coefficient (Wildman–Crippen LogP) is 0.0420. The molecule has 2 fully saturated rings. The summed E-state index contributed by atoms with van der Waals surface area (Å²) in [5.41, 5.74) is 0.771. The topological polar surface area (TPSA) is 88.1 Å². The molecule has 0 bridgehead atoms. The van der Waals surface area contributed by atoms with Gasteiger partial charge in [0.25, 0.3) is 0 Å². The third kappa shape index (κ3) is 1.77. The first-order chi connectivity index (χ1) is 10.1. The molecule has 2 atom stereocenters. The minimum Gasteiger partial charge on any atom is -0.354 e. The molecule has 0 aromatic carbocycles. The Hall–Kier alpha value is -2.57. The molecular formula is C14H13N5O2. The molecule has 106 valence electrons. The van der Waals surface area contributed by atoms with E-state index < -0.39 is 0 Å². The summed E-state index contributed by atoms with van der Waals surface area (Å²) in [6.07, 6.45) is 3.39. The fourth-order valence-electron chi connectivity index (χ4n) is 3.13. The van der Waals surface area contributed by atoms with Crippen molar-refractivity contribution in [2.24, 2.45) is 11.8 Å². The number of pyridine rings is 1. The Kier molecular flexibility index (Phi) is 2.44. The van der Waals surface area contributed by atoms with Crippen molar-refractivity contribution < 1.29 is 9.59 Å². The molecule has 2 aliphatic rings. The van der Waals surface area contributed by atoms with Crippen LogP contribution in [-0.2, 0) is 9.59 Å². The second-order valence-corrected chi connectivity index (χ2v) is 5.46. The van der Waals surface area contributed by atoms with Crippen molar-refractivity contribution >= 4 is 28.5 Å². The molecular weight excluding hydrogens is 270 g/mol. The van der Waals surface area contributed by atoms with E-state index in [4.69, 9.17) is 0 Å². The van der Waals surface area contributed by atoms with Gasteiger partial charge in [0, 0.05) is 24.7 Å². The van der Waals surface area contributed by atoms with Crippen molar-refractivity contribution in [3.05, 3.63) is 24.3 Å². The summed E-state index contributed by atoms with van der Waals surface area (Å²) < 4.78 is 0. The van der Waals surface area contributed by atoms with Crippen LogP contribution in [0.2, 0.25) is 0 Å². The van der Waals surface area contributed by atoms with E-state index in [2.05, 4.69) is 20.3 Å². The van der Waals surface area contributed by atoms with Crippen LogP contribution in [0.15, 0.2) is 18.5 Å². The van der Waals surface area contributed by atoms with Crippen molar-refractivity contribution in [3.8, 4) is 0 Å². The Bertz CT molecular complexity index is 753. The number of hydrogen-bond acceptors (Lipinski definition) is 6. The zero-order valence-corrected chi connectivity index (χ0v) is 11.4. The Labute approximate surface area is 120 Å². The number of imide groups is 1. The lowest BCUT2D eigenvalue weighted by molar-refractivity contribution is -0.126. The average molecular weight is 283 g/mol. The number of hydrogen-bond donors (Lipinski definition) is 1. The number of carbonyl (C=O) groups is 2. The molecule has 1 N–H and O–H groups in total. The van der Waals surface area contributed by atoms with Crippen molar-refractivity contribution in [1.82, 2.24) is 20.3 Å².